The second-order valence-corrected chi connectivity index (χ2v) is 8.30. The fourth-order valence-corrected chi connectivity index (χ4v) is 2.87. The van der Waals surface area contributed by atoms with Crippen molar-refractivity contribution in [3.8, 4) is 0 Å². The Morgan fingerprint density at radius 3 is 2.28 bits per heavy atom. The minimum absolute atomic E-state index is 0.183. The third kappa shape index (κ3) is 3.64. The first-order chi connectivity index (χ1) is 8.38. The third-order valence-corrected chi connectivity index (χ3v) is 4.95. The van der Waals surface area contributed by atoms with Crippen molar-refractivity contribution in [3.63, 3.8) is 0 Å². The van der Waals surface area contributed by atoms with Crippen LogP contribution < -0.4 is 4.72 Å². The Labute approximate surface area is 117 Å². The summed E-state index contributed by atoms with van der Waals surface area (Å²) in [6, 6.07) is 8.03. The van der Waals surface area contributed by atoms with E-state index in [-0.39, 0.29) is 10.8 Å². The van der Waals surface area contributed by atoms with Crippen LogP contribution in [-0.2, 0) is 11.4 Å². The maximum atomic E-state index is 12.2. The molecule has 0 radical (unpaired) electrons. The molecule has 0 aromatic heterocycles. The van der Waals surface area contributed by atoms with Crippen molar-refractivity contribution in [2.24, 2.45) is 5.92 Å². The van der Waals surface area contributed by atoms with Crippen LogP contribution in [0, 0.1) is 5.92 Å². The second-order valence-electron chi connectivity index (χ2n) is 5.87. The van der Waals surface area contributed by atoms with Gasteiger partial charge in [0.05, 0.1) is 6.04 Å². The van der Waals surface area contributed by atoms with E-state index >= 15 is 0 Å². The highest BCUT2D eigenvalue weighted by Crippen LogP contribution is 2.42. The van der Waals surface area contributed by atoms with Gasteiger partial charge in [0.25, 0.3) is 0 Å². The molecule has 18 heavy (non-hydrogen) atoms. The monoisotopic (exact) mass is 285 g/mol. The van der Waals surface area contributed by atoms with E-state index in [1.165, 1.54) is 18.4 Å². The molecule has 100 valence electrons. The largest absolute Gasteiger partial charge is 0.598 e. The van der Waals surface area contributed by atoms with E-state index in [1.54, 1.807) is 0 Å². The molecule has 2 nitrogen and oxygen atoms in total. The summed E-state index contributed by atoms with van der Waals surface area (Å²) in [4.78, 5) is 0. The van der Waals surface area contributed by atoms with Gasteiger partial charge in [-0.05, 0) is 57.2 Å². The zero-order chi connectivity index (χ0) is 13.3. The normalized spacial score (nSPS) is 19.6. The van der Waals surface area contributed by atoms with Crippen LogP contribution in [0.4, 0.5) is 0 Å². The third-order valence-electron chi connectivity index (χ3n) is 3.11. The number of rotatable bonds is 4. The predicted octanol–water partition coefficient (Wildman–Crippen LogP) is 3.84. The lowest BCUT2D eigenvalue weighted by molar-refractivity contribution is 0.503. The Balaban J connectivity index is 2.11. The van der Waals surface area contributed by atoms with Gasteiger partial charge in [0, 0.05) is 16.4 Å². The van der Waals surface area contributed by atoms with E-state index in [2.05, 4.69) is 4.72 Å². The average molecular weight is 286 g/mol. The lowest BCUT2D eigenvalue weighted by atomic mass is 10.0. The second kappa shape index (κ2) is 5.41. The first-order valence-corrected chi connectivity index (χ1v) is 7.84. The summed E-state index contributed by atoms with van der Waals surface area (Å²) in [7, 11) is 0. The lowest BCUT2D eigenvalue weighted by Gasteiger charge is -2.28. The molecule has 0 spiro atoms. The van der Waals surface area contributed by atoms with Crippen molar-refractivity contribution in [2.75, 3.05) is 0 Å². The quantitative estimate of drug-likeness (QED) is 0.853. The van der Waals surface area contributed by atoms with Gasteiger partial charge in [-0.2, -0.15) is 0 Å². The van der Waals surface area contributed by atoms with Gasteiger partial charge in [-0.25, -0.2) is 0 Å². The average Bonchev–Trinajstić information content (AvgIpc) is 3.09. The standard InChI is InChI=1S/C14H20ClNOS/c1-14(2,3)18(17)16-13(10-4-5-10)11-6-8-12(15)9-7-11/h6-10,13,16H,4-5H2,1-3H3/t13?,18-/m1/s1. The van der Waals surface area contributed by atoms with E-state index in [0.29, 0.717) is 5.92 Å². The molecule has 0 amide bonds. The molecule has 0 heterocycles. The molecule has 2 atom stereocenters. The molecular weight excluding hydrogens is 266 g/mol. The maximum Gasteiger partial charge on any atom is 0.136 e. The summed E-state index contributed by atoms with van der Waals surface area (Å²) < 4.78 is 15.3. The van der Waals surface area contributed by atoms with Crippen LogP contribution in [0.1, 0.15) is 45.2 Å². The van der Waals surface area contributed by atoms with Gasteiger partial charge in [0.1, 0.15) is 4.75 Å². The number of nitrogens with one attached hydrogen (secondary N) is 1. The van der Waals surface area contributed by atoms with Gasteiger partial charge >= 0.3 is 0 Å². The summed E-state index contributed by atoms with van der Waals surface area (Å²) in [5.74, 6) is 0.609. The Morgan fingerprint density at radius 1 is 1.28 bits per heavy atom. The zero-order valence-electron chi connectivity index (χ0n) is 11.1. The Kier molecular flexibility index (Phi) is 4.27. The van der Waals surface area contributed by atoms with Gasteiger partial charge in [-0.3, -0.25) is 0 Å². The minimum atomic E-state index is -1.04. The molecule has 1 saturated carbocycles. The highest BCUT2D eigenvalue weighted by Gasteiger charge is 2.38. The molecule has 2 rings (SSSR count). The van der Waals surface area contributed by atoms with Gasteiger partial charge in [-0.1, -0.05) is 23.7 Å². The van der Waals surface area contributed by atoms with Gasteiger partial charge < -0.3 is 4.55 Å². The highest BCUT2D eigenvalue weighted by atomic mass is 35.5. The van der Waals surface area contributed by atoms with Gasteiger partial charge in [0.2, 0.25) is 0 Å². The molecular formula is C14H20ClNOS. The maximum absolute atomic E-state index is 12.2. The molecule has 1 aliphatic rings. The number of hydrogen-bond acceptors (Lipinski definition) is 2. The molecule has 1 aromatic rings. The van der Waals surface area contributed by atoms with Crippen molar-refractivity contribution < 1.29 is 4.55 Å². The predicted molar refractivity (Wildman–Crippen MR) is 77.9 cm³/mol. The first kappa shape index (κ1) is 14.2. The molecule has 1 N–H and O–H groups in total. The SMILES string of the molecule is CC(C)(C)[S@@+]([O-])NC(c1ccc(Cl)cc1)C1CC1. The summed E-state index contributed by atoms with van der Waals surface area (Å²) in [6.07, 6.45) is 2.42. The molecule has 0 saturated heterocycles. The smallest absolute Gasteiger partial charge is 0.136 e. The molecule has 1 unspecified atom stereocenters. The Morgan fingerprint density at radius 2 is 1.83 bits per heavy atom. The summed E-state index contributed by atoms with van der Waals surface area (Å²) >= 11 is 4.87. The van der Waals surface area contributed by atoms with E-state index in [1.807, 2.05) is 45.0 Å². The van der Waals surface area contributed by atoms with E-state index in [9.17, 15) is 4.55 Å². The molecule has 1 fully saturated rings. The molecule has 0 aliphatic heterocycles. The topological polar surface area (TPSA) is 35.1 Å². The van der Waals surface area contributed by atoms with Crippen LogP contribution in [0.5, 0.6) is 0 Å². The van der Waals surface area contributed by atoms with E-state index < -0.39 is 11.4 Å². The molecule has 4 heteroatoms. The number of benzene rings is 1. The van der Waals surface area contributed by atoms with Gasteiger partial charge in [-0.15, -0.1) is 4.72 Å². The van der Waals surface area contributed by atoms with E-state index in [4.69, 9.17) is 11.6 Å². The van der Waals surface area contributed by atoms with Crippen molar-refractivity contribution in [1.29, 1.82) is 0 Å². The van der Waals surface area contributed by atoms with Crippen LogP contribution in [0.2, 0.25) is 5.02 Å². The summed E-state index contributed by atoms with van der Waals surface area (Å²) in [6.45, 7) is 5.96. The van der Waals surface area contributed by atoms with Crippen molar-refractivity contribution in [2.45, 2.75) is 44.4 Å². The number of halogens is 1. The minimum Gasteiger partial charge on any atom is -0.598 e. The summed E-state index contributed by atoms with van der Waals surface area (Å²) in [5.41, 5.74) is 1.18. The fourth-order valence-electron chi connectivity index (χ4n) is 1.83. The van der Waals surface area contributed by atoms with Crippen molar-refractivity contribution in [3.05, 3.63) is 34.9 Å². The summed E-state index contributed by atoms with van der Waals surface area (Å²) in [5, 5.41) is 0.741. The zero-order valence-corrected chi connectivity index (χ0v) is 12.6. The Bertz CT molecular complexity index is 397. The molecule has 1 aliphatic carbocycles. The van der Waals surface area contributed by atoms with Gasteiger partial charge in [0.15, 0.2) is 0 Å². The van der Waals surface area contributed by atoms with Crippen molar-refractivity contribution >= 4 is 23.0 Å². The number of hydrogen-bond donors (Lipinski definition) is 1. The van der Waals surface area contributed by atoms with Crippen LogP contribution in [-0.4, -0.2) is 9.30 Å². The van der Waals surface area contributed by atoms with Crippen molar-refractivity contribution in [1.82, 2.24) is 4.72 Å². The first-order valence-electron chi connectivity index (χ1n) is 6.31. The fraction of sp³-hybridized carbons (Fsp3) is 0.571. The Hall–Kier alpha value is -0.220. The molecule has 0 bridgehead atoms. The molecule has 1 aromatic carbocycles. The van der Waals surface area contributed by atoms with Crippen LogP contribution in [0.3, 0.4) is 0 Å². The lowest BCUT2D eigenvalue weighted by Crippen LogP contribution is -2.41. The van der Waals surface area contributed by atoms with Crippen LogP contribution >= 0.6 is 11.6 Å². The van der Waals surface area contributed by atoms with Crippen LogP contribution in [0.25, 0.3) is 0 Å². The van der Waals surface area contributed by atoms with E-state index in [0.717, 1.165) is 5.02 Å². The highest BCUT2D eigenvalue weighted by molar-refractivity contribution is 7.90. The van der Waals surface area contributed by atoms with Crippen LogP contribution in [0.15, 0.2) is 24.3 Å².